The van der Waals surface area contributed by atoms with E-state index < -0.39 is 0 Å². The van der Waals surface area contributed by atoms with E-state index in [1.165, 1.54) is 23.9 Å². The summed E-state index contributed by atoms with van der Waals surface area (Å²) >= 11 is 1.55. The molecule has 1 saturated heterocycles. The number of hydrogen-bond acceptors (Lipinski definition) is 6. The van der Waals surface area contributed by atoms with Gasteiger partial charge in [-0.15, -0.1) is 5.10 Å². The van der Waals surface area contributed by atoms with E-state index in [1.807, 2.05) is 19.1 Å². The molecular formula is C19H24N4O2S. The van der Waals surface area contributed by atoms with Gasteiger partial charge in [0.2, 0.25) is 0 Å². The Morgan fingerprint density at radius 2 is 1.96 bits per heavy atom. The van der Waals surface area contributed by atoms with Gasteiger partial charge in [-0.3, -0.25) is 9.69 Å². The van der Waals surface area contributed by atoms with Gasteiger partial charge in [-0.25, -0.2) is 4.98 Å². The molecule has 0 aliphatic carbocycles. The van der Waals surface area contributed by atoms with Crippen LogP contribution in [0.4, 0.5) is 0 Å². The highest BCUT2D eigenvalue weighted by Gasteiger charge is 2.43. The average Bonchev–Trinajstić information content (AvgIpc) is 3.23. The Balaban J connectivity index is 1.66. The van der Waals surface area contributed by atoms with Gasteiger partial charge in [-0.05, 0) is 43.6 Å². The molecule has 0 amide bonds. The van der Waals surface area contributed by atoms with Crippen molar-refractivity contribution in [3.05, 3.63) is 35.7 Å². The van der Waals surface area contributed by atoms with Crippen LogP contribution in [0.25, 0.3) is 0 Å². The minimum atomic E-state index is -0.206. The van der Waals surface area contributed by atoms with Gasteiger partial charge >= 0.3 is 0 Å². The van der Waals surface area contributed by atoms with Crippen LogP contribution in [0.2, 0.25) is 0 Å². The zero-order valence-electron chi connectivity index (χ0n) is 15.2. The second-order valence-corrected chi connectivity index (χ2v) is 7.88. The number of fused-ring (bicyclic) bond motifs is 1. The van der Waals surface area contributed by atoms with Gasteiger partial charge in [-0.1, -0.05) is 37.2 Å². The van der Waals surface area contributed by atoms with E-state index >= 15 is 0 Å². The van der Waals surface area contributed by atoms with Crippen LogP contribution in [0.15, 0.2) is 29.4 Å². The van der Waals surface area contributed by atoms with Gasteiger partial charge in [0, 0.05) is 6.42 Å². The van der Waals surface area contributed by atoms with Crippen molar-refractivity contribution in [1.29, 1.82) is 0 Å². The minimum absolute atomic E-state index is 0.0345. The predicted octanol–water partition coefficient (Wildman–Crippen LogP) is 3.19. The number of likely N-dealkylation sites (tertiary alicyclic amines) is 1. The molecule has 2 atom stereocenters. The molecule has 2 aliphatic heterocycles. The fraction of sp³-hybridized carbons (Fsp3) is 0.526. The molecule has 0 saturated carbocycles. The van der Waals surface area contributed by atoms with Crippen LogP contribution in [-0.4, -0.2) is 51.0 Å². The summed E-state index contributed by atoms with van der Waals surface area (Å²) in [5.74, 6) is 1.61. The summed E-state index contributed by atoms with van der Waals surface area (Å²) in [7, 11) is 1.67. The number of hydrogen-bond donors (Lipinski definition) is 0. The Kier molecular flexibility index (Phi) is 5.00. The molecule has 26 heavy (non-hydrogen) atoms. The third kappa shape index (κ3) is 3.14. The highest BCUT2D eigenvalue weighted by atomic mass is 32.2. The second kappa shape index (κ2) is 7.40. The predicted molar refractivity (Wildman–Crippen MR) is 101 cm³/mol. The van der Waals surface area contributed by atoms with Crippen molar-refractivity contribution in [2.45, 2.75) is 49.1 Å². The van der Waals surface area contributed by atoms with Gasteiger partial charge in [0.15, 0.2) is 11.0 Å². The first-order valence-electron chi connectivity index (χ1n) is 9.26. The summed E-state index contributed by atoms with van der Waals surface area (Å²) < 4.78 is 6.80. The van der Waals surface area contributed by atoms with Crippen molar-refractivity contribution in [1.82, 2.24) is 19.7 Å². The molecule has 6 nitrogen and oxygen atoms in total. The first-order valence-corrected chi connectivity index (χ1v) is 10.1. The number of thioether (sulfide) groups is 1. The van der Waals surface area contributed by atoms with Crippen LogP contribution >= 0.6 is 11.8 Å². The van der Waals surface area contributed by atoms with Crippen LogP contribution in [0.1, 0.15) is 48.4 Å². The van der Waals surface area contributed by atoms with E-state index in [1.54, 1.807) is 18.9 Å². The molecule has 3 heterocycles. The van der Waals surface area contributed by atoms with E-state index in [2.05, 4.69) is 27.1 Å². The van der Waals surface area contributed by atoms with Crippen LogP contribution < -0.4 is 4.74 Å². The Morgan fingerprint density at radius 3 is 2.58 bits per heavy atom. The molecule has 2 aromatic rings. The lowest BCUT2D eigenvalue weighted by Gasteiger charge is -2.37. The third-order valence-electron chi connectivity index (χ3n) is 5.15. The number of ether oxygens (including phenoxy) is 1. The molecule has 138 valence electrons. The van der Waals surface area contributed by atoms with Crippen LogP contribution in [0.3, 0.4) is 0 Å². The molecule has 2 aliphatic rings. The maximum Gasteiger partial charge on any atom is 0.264 e. The first kappa shape index (κ1) is 17.5. The number of rotatable bonds is 5. The standard InChI is InChI=1S/C19H24N4O2S/c1-3-15-20-19-23(21-15)18(24)17(26-19)16(22-11-5-4-6-12-22)13-7-9-14(25-2)10-8-13/h7-10,16-17H,3-6,11-12H2,1-2H3. The van der Waals surface area contributed by atoms with Crippen molar-refractivity contribution < 1.29 is 9.53 Å². The molecular weight excluding hydrogens is 348 g/mol. The van der Waals surface area contributed by atoms with Crippen molar-refractivity contribution >= 4 is 17.7 Å². The summed E-state index contributed by atoms with van der Waals surface area (Å²) in [6.45, 7) is 4.06. The summed E-state index contributed by atoms with van der Waals surface area (Å²) in [6.07, 6.45) is 4.37. The molecule has 1 aromatic carbocycles. The Hall–Kier alpha value is -1.86. The monoisotopic (exact) mass is 372 g/mol. The second-order valence-electron chi connectivity index (χ2n) is 6.77. The van der Waals surface area contributed by atoms with Gasteiger partial charge in [-0.2, -0.15) is 4.68 Å². The number of aryl methyl sites for hydroxylation is 1. The SMILES string of the molecule is CCc1nc2n(n1)C(=O)C(C(c1ccc(OC)cc1)N1CCCCC1)S2. The maximum absolute atomic E-state index is 13.1. The lowest BCUT2D eigenvalue weighted by atomic mass is 9.98. The Bertz CT molecular complexity index is 783. The molecule has 7 heteroatoms. The molecule has 1 aromatic heterocycles. The third-order valence-corrected chi connectivity index (χ3v) is 6.34. The van der Waals surface area contributed by atoms with Crippen LogP contribution in [-0.2, 0) is 6.42 Å². The number of aromatic nitrogens is 3. The lowest BCUT2D eigenvalue weighted by Crippen LogP contribution is -2.41. The fourth-order valence-electron chi connectivity index (χ4n) is 3.77. The number of carbonyl (C=O) groups is 1. The molecule has 0 radical (unpaired) electrons. The lowest BCUT2D eigenvalue weighted by molar-refractivity contribution is 0.0818. The van der Waals surface area contributed by atoms with Gasteiger partial charge < -0.3 is 4.74 Å². The van der Waals surface area contributed by atoms with Gasteiger partial charge in [0.25, 0.3) is 5.91 Å². The van der Waals surface area contributed by atoms with Crippen LogP contribution in [0, 0.1) is 0 Å². The van der Waals surface area contributed by atoms with Crippen molar-refractivity contribution in [2.75, 3.05) is 20.2 Å². The van der Waals surface area contributed by atoms with E-state index in [4.69, 9.17) is 4.74 Å². The number of methoxy groups -OCH3 is 1. The van der Waals surface area contributed by atoms with E-state index in [0.717, 1.165) is 41.8 Å². The van der Waals surface area contributed by atoms with Crippen LogP contribution in [0.5, 0.6) is 5.75 Å². The highest BCUT2D eigenvalue weighted by molar-refractivity contribution is 8.00. The molecule has 2 unspecified atom stereocenters. The van der Waals surface area contributed by atoms with Gasteiger partial charge in [0.05, 0.1) is 13.2 Å². The number of benzene rings is 1. The summed E-state index contributed by atoms with van der Waals surface area (Å²) in [6, 6.07) is 8.15. The van der Waals surface area contributed by atoms with Gasteiger partial charge in [0.1, 0.15) is 11.0 Å². The number of piperidine rings is 1. The fourth-order valence-corrected chi connectivity index (χ4v) is 5.04. The minimum Gasteiger partial charge on any atom is -0.497 e. The normalized spacial score (nSPS) is 21.6. The van der Waals surface area contributed by atoms with Crippen molar-refractivity contribution in [3.8, 4) is 5.75 Å². The Morgan fingerprint density at radius 1 is 1.23 bits per heavy atom. The largest absolute Gasteiger partial charge is 0.497 e. The zero-order valence-corrected chi connectivity index (χ0v) is 16.0. The number of carbonyl (C=O) groups excluding carboxylic acids is 1. The summed E-state index contributed by atoms with van der Waals surface area (Å²) in [5, 5.41) is 4.91. The average molecular weight is 372 g/mol. The first-order chi connectivity index (χ1) is 12.7. The molecule has 0 N–H and O–H groups in total. The quantitative estimate of drug-likeness (QED) is 0.803. The topological polar surface area (TPSA) is 60.3 Å². The molecule has 1 fully saturated rings. The van der Waals surface area contributed by atoms with Crippen molar-refractivity contribution in [2.24, 2.45) is 0 Å². The highest BCUT2D eigenvalue weighted by Crippen LogP contribution is 2.42. The van der Waals surface area contributed by atoms with Crippen molar-refractivity contribution in [3.63, 3.8) is 0 Å². The van der Waals surface area contributed by atoms with E-state index in [-0.39, 0.29) is 17.2 Å². The Labute approximate surface area is 157 Å². The smallest absolute Gasteiger partial charge is 0.264 e. The molecule has 0 bridgehead atoms. The summed E-state index contributed by atoms with van der Waals surface area (Å²) in [4.78, 5) is 20.1. The van der Waals surface area contributed by atoms with E-state index in [9.17, 15) is 4.79 Å². The number of nitrogens with zero attached hydrogens (tertiary/aromatic N) is 4. The maximum atomic E-state index is 13.1. The summed E-state index contributed by atoms with van der Waals surface area (Å²) in [5.41, 5.74) is 1.15. The zero-order chi connectivity index (χ0) is 18.1. The molecule has 4 rings (SSSR count). The molecule has 0 spiro atoms. The van der Waals surface area contributed by atoms with E-state index in [0.29, 0.717) is 0 Å².